The number of nitro groups is 1. The highest BCUT2D eigenvalue weighted by Gasteiger charge is 2.29. The molecule has 0 atom stereocenters. The van der Waals surface area contributed by atoms with E-state index in [2.05, 4.69) is 5.43 Å². The summed E-state index contributed by atoms with van der Waals surface area (Å²) in [5.41, 5.74) is 2.65. The molecule has 0 amide bonds. The first-order chi connectivity index (χ1) is 9.86. The van der Waals surface area contributed by atoms with Gasteiger partial charge in [-0.05, 0) is 22.4 Å². The maximum atomic E-state index is 12.4. The minimum atomic E-state index is -3.80. The van der Waals surface area contributed by atoms with Crippen molar-refractivity contribution in [1.29, 1.82) is 0 Å². The average molecular weight is 348 g/mol. The first-order valence-corrected chi connectivity index (χ1v) is 8.78. The van der Waals surface area contributed by atoms with Crippen LogP contribution >= 0.6 is 22.7 Å². The molecule has 0 spiro atoms. The van der Waals surface area contributed by atoms with Crippen molar-refractivity contribution in [3.8, 4) is 0 Å². The third kappa shape index (κ3) is 3.22. The van der Waals surface area contributed by atoms with Crippen LogP contribution in [0.3, 0.4) is 0 Å². The molecule has 2 heterocycles. The smallest absolute Gasteiger partial charge is 0.306 e. The molecule has 8 nitrogen and oxygen atoms in total. The molecule has 0 aliphatic carbocycles. The second kappa shape index (κ2) is 6.07. The van der Waals surface area contributed by atoms with Crippen molar-refractivity contribution in [3.63, 3.8) is 0 Å². The van der Waals surface area contributed by atoms with E-state index in [0.29, 0.717) is 0 Å². The van der Waals surface area contributed by atoms with E-state index in [1.54, 1.807) is 0 Å². The minimum absolute atomic E-state index is 0.00232. The number of nitrogens with zero attached hydrogens (tertiary/aromatic N) is 2. The Labute approximate surface area is 129 Å². The van der Waals surface area contributed by atoms with E-state index < -0.39 is 14.9 Å². The van der Waals surface area contributed by atoms with E-state index >= 15 is 0 Å². The molecule has 0 saturated heterocycles. The normalized spacial score (nSPS) is 11.8. The highest BCUT2D eigenvalue weighted by molar-refractivity contribution is 7.91. The number of sulfonamides is 1. The number of anilines is 1. The van der Waals surface area contributed by atoms with Crippen LogP contribution in [0.2, 0.25) is 0 Å². The molecule has 0 aliphatic heterocycles. The number of nitrogens with two attached hydrogens (primary N) is 1. The summed E-state index contributed by atoms with van der Waals surface area (Å²) < 4.78 is 25.8. The summed E-state index contributed by atoms with van der Waals surface area (Å²) in [7, 11) is -2.38. The molecule has 114 valence electrons. The van der Waals surface area contributed by atoms with E-state index in [-0.39, 0.29) is 21.4 Å². The summed E-state index contributed by atoms with van der Waals surface area (Å²) in [4.78, 5) is 10.2. The SMILES string of the molecule is CN(Cc1ccsc1)S(=O)(=O)c1cc([N+](=O)[O-])c(NN)s1. The van der Waals surface area contributed by atoms with E-state index in [1.807, 2.05) is 16.8 Å². The molecule has 0 aromatic carbocycles. The summed E-state index contributed by atoms with van der Waals surface area (Å²) >= 11 is 2.20. The Morgan fingerprint density at radius 3 is 2.71 bits per heavy atom. The lowest BCUT2D eigenvalue weighted by molar-refractivity contribution is -0.383. The second-order valence-corrected chi connectivity index (χ2v) is 8.18. The summed E-state index contributed by atoms with van der Waals surface area (Å²) in [6, 6.07) is 2.83. The lowest BCUT2D eigenvalue weighted by Gasteiger charge is -2.14. The zero-order valence-electron chi connectivity index (χ0n) is 10.8. The number of rotatable bonds is 6. The van der Waals surface area contributed by atoms with Crippen molar-refractivity contribution < 1.29 is 13.3 Å². The van der Waals surface area contributed by atoms with Gasteiger partial charge in [-0.1, -0.05) is 11.3 Å². The summed E-state index contributed by atoms with van der Waals surface area (Å²) in [5.74, 6) is 5.18. The van der Waals surface area contributed by atoms with Crippen molar-refractivity contribution in [3.05, 3.63) is 38.6 Å². The van der Waals surface area contributed by atoms with Gasteiger partial charge in [0.1, 0.15) is 4.21 Å². The lowest BCUT2D eigenvalue weighted by Crippen LogP contribution is -2.25. The van der Waals surface area contributed by atoms with Gasteiger partial charge >= 0.3 is 5.69 Å². The van der Waals surface area contributed by atoms with Crippen LogP contribution in [-0.4, -0.2) is 24.7 Å². The molecule has 0 saturated carbocycles. The second-order valence-electron chi connectivity index (χ2n) is 4.07. The summed E-state index contributed by atoms with van der Waals surface area (Å²) in [5, 5.41) is 14.6. The number of hydrazine groups is 1. The van der Waals surface area contributed by atoms with Gasteiger partial charge < -0.3 is 5.43 Å². The molecule has 3 N–H and O–H groups in total. The van der Waals surface area contributed by atoms with Gasteiger partial charge in [0.25, 0.3) is 10.0 Å². The van der Waals surface area contributed by atoms with Gasteiger partial charge in [-0.15, -0.1) is 0 Å². The zero-order chi connectivity index (χ0) is 15.6. The highest BCUT2D eigenvalue weighted by Crippen LogP contribution is 2.37. The monoisotopic (exact) mass is 348 g/mol. The summed E-state index contributed by atoms with van der Waals surface area (Å²) in [6.07, 6.45) is 0. The molecule has 11 heteroatoms. The zero-order valence-corrected chi connectivity index (χ0v) is 13.3. The predicted molar refractivity (Wildman–Crippen MR) is 81.8 cm³/mol. The lowest BCUT2D eigenvalue weighted by atomic mass is 10.3. The Kier molecular flexibility index (Phi) is 4.58. The fraction of sp³-hybridized carbons (Fsp3) is 0.200. The highest BCUT2D eigenvalue weighted by atomic mass is 32.2. The fourth-order valence-corrected chi connectivity index (χ4v) is 4.87. The topological polar surface area (TPSA) is 119 Å². The summed E-state index contributed by atoms with van der Waals surface area (Å²) in [6.45, 7) is 0.197. The number of nitrogens with one attached hydrogen (secondary N) is 1. The van der Waals surface area contributed by atoms with Gasteiger partial charge in [-0.3, -0.25) is 10.1 Å². The average Bonchev–Trinajstić information content (AvgIpc) is 3.06. The van der Waals surface area contributed by atoms with Gasteiger partial charge in [0.05, 0.1) is 4.92 Å². The van der Waals surface area contributed by atoms with E-state index in [1.165, 1.54) is 18.4 Å². The van der Waals surface area contributed by atoms with Crippen molar-refractivity contribution in [2.45, 2.75) is 10.8 Å². The van der Waals surface area contributed by atoms with Gasteiger partial charge in [0.2, 0.25) is 0 Å². The van der Waals surface area contributed by atoms with E-state index in [4.69, 9.17) is 5.84 Å². The van der Waals surface area contributed by atoms with Crippen LogP contribution in [0.5, 0.6) is 0 Å². The van der Waals surface area contributed by atoms with Crippen LogP contribution in [0.25, 0.3) is 0 Å². The largest absolute Gasteiger partial charge is 0.310 e. The number of hydrogen-bond donors (Lipinski definition) is 2. The van der Waals surface area contributed by atoms with Crippen LogP contribution in [0.15, 0.2) is 27.1 Å². The molecule has 2 rings (SSSR count). The van der Waals surface area contributed by atoms with E-state index in [9.17, 15) is 18.5 Å². The van der Waals surface area contributed by atoms with Gasteiger partial charge in [-0.25, -0.2) is 14.3 Å². The van der Waals surface area contributed by atoms with Gasteiger partial charge in [0.15, 0.2) is 5.00 Å². The minimum Gasteiger partial charge on any atom is -0.310 e. The number of hydrogen-bond acceptors (Lipinski definition) is 8. The Morgan fingerprint density at radius 1 is 1.52 bits per heavy atom. The molecule has 0 radical (unpaired) electrons. The predicted octanol–water partition coefficient (Wildman–Crippen LogP) is 1.82. The molecule has 21 heavy (non-hydrogen) atoms. The van der Waals surface area contributed by atoms with Crippen molar-refractivity contribution in [2.24, 2.45) is 5.84 Å². The maximum absolute atomic E-state index is 12.4. The molecular weight excluding hydrogens is 336 g/mol. The third-order valence-electron chi connectivity index (χ3n) is 2.67. The van der Waals surface area contributed by atoms with Crippen LogP contribution in [0.4, 0.5) is 10.7 Å². The van der Waals surface area contributed by atoms with Crippen molar-refractivity contribution in [2.75, 3.05) is 12.5 Å². The van der Waals surface area contributed by atoms with Crippen molar-refractivity contribution >= 4 is 43.4 Å². The number of nitrogen functional groups attached to an aromatic ring is 1. The van der Waals surface area contributed by atoms with Gasteiger partial charge in [0, 0.05) is 19.7 Å². The molecule has 0 bridgehead atoms. The Hall–Kier alpha value is -1.53. The first kappa shape index (κ1) is 15.9. The molecule has 0 unspecified atom stereocenters. The van der Waals surface area contributed by atoms with Crippen LogP contribution in [0.1, 0.15) is 5.56 Å². The number of thiophene rings is 2. The quantitative estimate of drug-likeness (QED) is 0.467. The Balaban J connectivity index is 2.33. The van der Waals surface area contributed by atoms with Crippen LogP contribution < -0.4 is 11.3 Å². The van der Waals surface area contributed by atoms with Gasteiger partial charge in [-0.2, -0.15) is 15.6 Å². The fourth-order valence-electron chi connectivity index (χ4n) is 1.60. The molecule has 2 aromatic rings. The third-order valence-corrected chi connectivity index (χ3v) is 6.71. The standard InChI is InChI=1S/C10H12N4O4S3/c1-13(5-7-2-3-19-6-7)21(17,18)9-4-8(14(15)16)10(12-11)20-9/h2-4,6,12H,5,11H2,1H3. The maximum Gasteiger partial charge on any atom is 0.306 e. The Bertz CT molecular complexity index is 738. The Morgan fingerprint density at radius 2 is 2.24 bits per heavy atom. The van der Waals surface area contributed by atoms with Crippen LogP contribution in [-0.2, 0) is 16.6 Å². The van der Waals surface area contributed by atoms with Crippen LogP contribution in [0, 0.1) is 10.1 Å². The molecule has 2 aromatic heterocycles. The first-order valence-electron chi connectivity index (χ1n) is 5.58. The molecule has 0 fully saturated rings. The van der Waals surface area contributed by atoms with E-state index in [0.717, 1.165) is 27.3 Å². The molecule has 0 aliphatic rings. The molecular formula is C10H12N4O4S3. The van der Waals surface area contributed by atoms with Crippen molar-refractivity contribution in [1.82, 2.24) is 4.31 Å².